The molecule has 146 valence electrons. The summed E-state index contributed by atoms with van der Waals surface area (Å²) in [4.78, 5) is 9.78. The lowest BCUT2D eigenvalue weighted by atomic mass is 10.1. The first-order chi connectivity index (χ1) is 14.8. The molecule has 0 radical (unpaired) electrons. The second kappa shape index (κ2) is 6.53. The second-order valence-corrected chi connectivity index (χ2v) is 7.24. The zero-order valence-electron chi connectivity index (χ0n) is 16.0. The molecule has 30 heavy (non-hydrogen) atoms. The highest BCUT2D eigenvalue weighted by Gasteiger charge is 2.23. The van der Waals surface area contributed by atoms with Crippen LogP contribution >= 0.6 is 0 Å². The topological polar surface area (TPSA) is 83.8 Å². The van der Waals surface area contributed by atoms with Gasteiger partial charge in [0.1, 0.15) is 23.7 Å². The first kappa shape index (κ1) is 16.9. The fraction of sp³-hybridized carbons (Fsp3) is 0.0870. The van der Waals surface area contributed by atoms with Crippen LogP contribution in [0.25, 0.3) is 34.1 Å². The predicted octanol–water partition coefficient (Wildman–Crippen LogP) is 3.67. The van der Waals surface area contributed by atoms with E-state index in [0.29, 0.717) is 6.61 Å². The van der Waals surface area contributed by atoms with Gasteiger partial charge in [-0.15, -0.1) is 0 Å². The Morgan fingerprint density at radius 2 is 1.87 bits per heavy atom. The van der Waals surface area contributed by atoms with Crippen molar-refractivity contribution in [2.75, 3.05) is 6.61 Å². The van der Waals surface area contributed by atoms with Gasteiger partial charge < -0.3 is 10.5 Å². The number of nitrogens with zero attached hydrogens (tertiary/aromatic N) is 5. The summed E-state index contributed by atoms with van der Waals surface area (Å²) in [5.41, 5.74) is 10.7. The van der Waals surface area contributed by atoms with Crippen molar-refractivity contribution in [3.05, 3.63) is 84.7 Å². The maximum absolute atomic E-state index is 6.13. The van der Waals surface area contributed by atoms with E-state index in [-0.39, 0.29) is 6.04 Å². The van der Waals surface area contributed by atoms with Crippen LogP contribution in [0.2, 0.25) is 0 Å². The smallest absolute Gasteiger partial charge is 0.167 e. The van der Waals surface area contributed by atoms with Gasteiger partial charge in [0.2, 0.25) is 0 Å². The summed E-state index contributed by atoms with van der Waals surface area (Å²) in [6, 6.07) is 21.9. The molecule has 1 atom stereocenters. The van der Waals surface area contributed by atoms with Crippen LogP contribution in [0.4, 0.5) is 0 Å². The Labute approximate surface area is 172 Å². The van der Waals surface area contributed by atoms with Crippen LogP contribution in [-0.4, -0.2) is 30.9 Å². The van der Waals surface area contributed by atoms with Crippen molar-refractivity contribution in [1.82, 2.24) is 24.3 Å². The lowest BCUT2D eigenvalue weighted by Gasteiger charge is -2.11. The van der Waals surface area contributed by atoms with Crippen LogP contribution in [0.5, 0.6) is 5.75 Å². The van der Waals surface area contributed by atoms with E-state index in [0.717, 1.165) is 45.4 Å². The first-order valence-corrected chi connectivity index (χ1v) is 9.75. The molecule has 0 fully saturated rings. The molecular formula is C23H18N6O. The molecule has 6 rings (SSSR count). The van der Waals surface area contributed by atoms with E-state index in [1.807, 2.05) is 72.9 Å². The molecule has 1 aliphatic heterocycles. The molecule has 2 N–H and O–H groups in total. The highest BCUT2D eigenvalue weighted by atomic mass is 16.5. The third kappa shape index (κ3) is 2.60. The Bertz CT molecular complexity index is 1360. The van der Waals surface area contributed by atoms with Gasteiger partial charge in [-0.2, -0.15) is 5.10 Å². The normalized spacial score (nSPS) is 15.3. The summed E-state index contributed by atoms with van der Waals surface area (Å²) < 4.78 is 9.60. The molecule has 0 unspecified atom stereocenters. The Balaban J connectivity index is 1.62. The molecule has 0 bridgehead atoms. The molecule has 0 spiro atoms. The third-order valence-electron chi connectivity index (χ3n) is 5.33. The number of hydrogen-bond acceptors (Lipinski definition) is 5. The largest absolute Gasteiger partial charge is 0.491 e. The average Bonchev–Trinajstić information content (AvgIpc) is 3.52. The number of hydrogen-bond donors (Lipinski definition) is 1. The molecule has 5 aromatic rings. The van der Waals surface area contributed by atoms with Crippen molar-refractivity contribution in [1.29, 1.82) is 0 Å². The van der Waals surface area contributed by atoms with Gasteiger partial charge in [-0.25, -0.2) is 14.6 Å². The van der Waals surface area contributed by atoms with Gasteiger partial charge in [0.15, 0.2) is 11.5 Å². The fourth-order valence-corrected chi connectivity index (χ4v) is 3.87. The number of aromatic nitrogens is 5. The van der Waals surface area contributed by atoms with Gasteiger partial charge in [0, 0.05) is 29.6 Å². The highest BCUT2D eigenvalue weighted by molar-refractivity contribution is 5.81. The minimum Gasteiger partial charge on any atom is -0.491 e. The third-order valence-corrected chi connectivity index (χ3v) is 5.33. The van der Waals surface area contributed by atoms with Crippen molar-refractivity contribution in [2.24, 2.45) is 5.73 Å². The van der Waals surface area contributed by atoms with E-state index < -0.39 is 0 Å². The standard InChI is InChI=1S/C23H18N6O/c24-18-14-30-20-13-16(7-8-17(18)20)29-22(15-5-2-1-3-6-15)26-19-9-10-21(27-23(19)29)28-12-4-11-25-28/h1-13,18H,14,24H2/t18-/m0/s1. The Hall–Kier alpha value is -3.97. The summed E-state index contributed by atoms with van der Waals surface area (Å²) in [6.45, 7) is 0.497. The van der Waals surface area contributed by atoms with E-state index >= 15 is 0 Å². The lowest BCUT2D eigenvalue weighted by Crippen LogP contribution is -2.10. The van der Waals surface area contributed by atoms with Crippen molar-refractivity contribution >= 4 is 11.2 Å². The van der Waals surface area contributed by atoms with Gasteiger partial charge in [-0.1, -0.05) is 36.4 Å². The van der Waals surface area contributed by atoms with Crippen molar-refractivity contribution < 1.29 is 4.74 Å². The number of imidazole rings is 1. The maximum Gasteiger partial charge on any atom is 0.167 e. The molecule has 2 aromatic carbocycles. The van der Waals surface area contributed by atoms with Crippen LogP contribution in [0.15, 0.2) is 79.1 Å². The average molecular weight is 394 g/mol. The van der Waals surface area contributed by atoms with E-state index in [1.54, 1.807) is 10.9 Å². The quantitative estimate of drug-likeness (QED) is 0.505. The van der Waals surface area contributed by atoms with Gasteiger partial charge in [0.25, 0.3) is 0 Å². The zero-order valence-corrected chi connectivity index (χ0v) is 16.0. The summed E-state index contributed by atoms with van der Waals surface area (Å²) in [6.07, 6.45) is 3.61. The van der Waals surface area contributed by atoms with Crippen LogP contribution in [0, 0.1) is 0 Å². The summed E-state index contributed by atoms with van der Waals surface area (Å²) >= 11 is 0. The van der Waals surface area contributed by atoms with Crippen molar-refractivity contribution in [3.63, 3.8) is 0 Å². The monoisotopic (exact) mass is 394 g/mol. The number of fused-ring (bicyclic) bond motifs is 2. The zero-order chi connectivity index (χ0) is 20.1. The number of nitrogens with two attached hydrogens (primary N) is 1. The fourth-order valence-electron chi connectivity index (χ4n) is 3.87. The summed E-state index contributed by atoms with van der Waals surface area (Å²) in [5.74, 6) is 2.36. The highest BCUT2D eigenvalue weighted by Crippen LogP contribution is 2.35. The molecular weight excluding hydrogens is 376 g/mol. The maximum atomic E-state index is 6.13. The van der Waals surface area contributed by atoms with Crippen LogP contribution < -0.4 is 10.5 Å². The lowest BCUT2D eigenvalue weighted by molar-refractivity contribution is 0.333. The summed E-state index contributed by atoms with van der Waals surface area (Å²) in [5, 5.41) is 4.31. The molecule has 7 heteroatoms. The Morgan fingerprint density at radius 3 is 2.70 bits per heavy atom. The molecule has 7 nitrogen and oxygen atoms in total. The van der Waals surface area contributed by atoms with E-state index in [2.05, 4.69) is 9.67 Å². The molecule has 0 aliphatic carbocycles. The minimum absolute atomic E-state index is 0.0910. The first-order valence-electron chi connectivity index (χ1n) is 9.75. The van der Waals surface area contributed by atoms with Gasteiger partial charge in [-0.3, -0.25) is 4.57 Å². The number of pyridine rings is 1. The predicted molar refractivity (Wildman–Crippen MR) is 114 cm³/mol. The minimum atomic E-state index is -0.0910. The molecule has 4 heterocycles. The molecule has 3 aromatic heterocycles. The van der Waals surface area contributed by atoms with Crippen LogP contribution in [0.3, 0.4) is 0 Å². The van der Waals surface area contributed by atoms with Gasteiger partial charge in [0.05, 0.1) is 11.7 Å². The molecule has 1 aliphatic rings. The van der Waals surface area contributed by atoms with Crippen molar-refractivity contribution in [2.45, 2.75) is 6.04 Å². The van der Waals surface area contributed by atoms with Gasteiger partial charge >= 0.3 is 0 Å². The molecule has 0 saturated carbocycles. The van der Waals surface area contributed by atoms with Crippen molar-refractivity contribution in [3.8, 4) is 28.6 Å². The second-order valence-electron chi connectivity index (χ2n) is 7.24. The summed E-state index contributed by atoms with van der Waals surface area (Å²) in [7, 11) is 0. The Kier molecular flexibility index (Phi) is 3.69. The Morgan fingerprint density at radius 1 is 0.967 bits per heavy atom. The van der Waals surface area contributed by atoms with E-state index in [1.165, 1.54) is 0 Å². The molecule has 0 amide bonds. The molecule has 0 saturated heterocycles. The number of ether oxygens (including phenoxy) is 1. The number of benzene rings is 2. The van der Waals surface area contributed by atoms with E-state index in [9.17, 15) is 0 Å². The van der Waals surface area contributed by atoms with Crippen LogP contribution in [0.1, 0.15) is 11.6 Å². The SMILES string of the molecule is N[C@H]1COc2cc(-n3c(-c4ccccc4)nc4ccc(-n5cccn5)nc43)ccc21. The van der Waals surface area contributed by atoms with Gasteiger partial charge in [-0.05, 0) is 24.3 Å². The van der Waals surface area contributed by atoms with Crippen LogP contribution in [-0.2, 0) is 0 Å². The van der Waals surface area contributed by atoms with E-state index in [4.69, 9.17) is 20.4 Å². The number of rotatable bonds is 3.